The molecule has 2 aliphatic heterocycles. The van der Waals surface area contributed by atoms with Gasteiger partial charge in [-0.15, -0.1) is 0 Å². The SMILES string of the molecule is NC(=O)C1CCN1CC1CCCCNC1. The Labute approximate surface area is 91.2 Å². The highest BCUT2D eigenvalue weighted by atomic mass is 16.1. The first-order chi connectivity index (χ1) is 7.27. The Morgan fingerprint density at radius 1 is 1.40 bits per heavy atom. The van der Waals surface area contributed by atoms with Crippen LogP contribution >= 0.6 is 0 Å². The monoisotopic (exact) mass is 211 g/mol. The number of rotatable bonds is 3. The van der Waals surface area contributed by atoms with Crippen LogP contribution in [0.1, 0.15) is 25.7 Å². The largest absolute Gasteiger partial charge is 0.368 e. The van der Waals surface area contributed by atoms with Gasteiger partial charge in [-0.05, 0) is 38.3 Å². The summed E-state index contributed by atoms with van der Waals surface area (Å²) in [6.45, 7) is 4.34. The van der Waals surface area contributed by atoms with E-state index < -0.39 is 0 Å². The van der Waals surface area contributed by atoms with Gasteiger partial charge in [-0.25, -0.2) is 0 Å². The average Bonchev–Trinajstić information content (AvgIpc) is 2.39. The fourth-order valence-electron chi connectivity index (χ4n) is 2.56. The topological polar surface area (TPSA) is 58.4 Å². The van der Waals surface area contributed by atoms with Crippen LogP contribution in [0.5, 0.6) is 0 Å². The number of hydrogen-bond donors (Lipinski definition) is 2. The Bertz CT molecular complexity index is 224. The van der Waals surface area contributed by atoms with Crippen molar-refractivity contribution >= 4 is 5.91 Å². The van der Waals surface area contributed by atoms with Crippen molar-refractivity contribution in [2.24, 2.45) is 11.7 Å². The number of amides is 1. The number of carbonyl (C=O) groups is 1. The molecule has 0 aromatic heterocycles. The molecule has 2 atom stereocenters. The smallest absolute Gasteiger partial charge is 0.234 e. The van der Waals surface area contributed by atoms with E-state index >= 15 is 0 Å². The van der Waals surface area contributed by atoms with Crippen LogP contribution in [0.2, 0.25) is 0 Å². The quantitative estimate of drug-likeness (QED) is 0.687. The van der Waals surface area contributed by atoms with Crippen molar-refractivity contribution in [1.29, 1.82) is 0 Å². The first kappa shape index (κ1) is 10.9. The van der Waals surface area contributed by atoms with E-state index in [-0.39, 0.29) is 11.9 Å². The summed E-state index contributed by atoms with van der Waals surface area (Å²) in [5, 5.41) is 3.45. The zero-order valence-electron chi connectivity index (χ0n) is 9.24. The van der Waals surface area contributed by atoms with Gasteiger partial charge < -0.3 is 11.1 Å². The van der Waals surface area contributed by atoms with E-state index in [2.05, 4.69) is 10.2 Å². The number of likely N-dealkylation sites (tertiary alicyclic amines) is 1. The molecule has 4 nitrogen and oxygen atoms in total. The van der Waals surface area contributed by atoms with Crippen molar-refractivity contribution in [3.63, 3.8) is 0 Å². The van der Waals surface area contributed by atoms with Gasteiger partial charge in [0.2, 0.25) is 5.91 Å². The molecule has 0 spiro atoms. The molecule has 0 aliphatic carbocycles. The van der Waals surface area contributed by atoms with Crippen LogP contribution in [0.15, 0.2) is 0 Å². The summed E-state index contributed by atoms with van der Waals surface area (Å²) in [4.78, 5) is 13.3. The third kappa shape index (κ3) is 2.69. The molecule has 86 valence electrons. The van der Waals surface area contributed by atoms with E-state index in [9.17, 15) is 4.79 Å². The normalized spacial score (nSPS) is 33.1. The van der Waals surface area contributed by atoms with Crippen LogP contribution in [0.3, 0.4) is 0 Å². The first-order valence-electron chi connectivity index (χ1n) is 6.01. The summed E-state index contributed by atoms with van der Waals surface area (Å²) >= 11 is 0. The lowest BCUT2D eigenvalue weighted by atomic mass is 9.96. The number of primary amides is 1. The highest BCUT2D eigenvalue weighted by Crippen LogP contribution is 2.21. The summed E-state index contributed by atoms with van der Waals surface area (Å²) in [6, 6.07) is 0.0215. The van der Waals surface area contributed by atoms with E-state index in [1.165, 1.54) is 19.3 Å². The second-order valence-electron chi connectivity index (χ2n) is 4.77. The van der Waals surface area contributed by atoms with E-state index in [0.717, 1.165) is 32.6 Å². The Kier molecular flexibility index (Phi) is 3.59. The standard InChI is InChI=1S/C11H21N3O/c12-11(15)10-4-6-14(10)8-9-3-1-2-5-13-7-9/h9-10,13H,1-8H2,(H2,12,15). The molecule has 2 aliphatic rings. The zero-order valence-corrected chi connectivity index (χ0v) is 9.24. The van der Waals surface area contributed by atoms with Gasteiger partial charge in [0.25, 0.3) is 0 Å². The lowest BCUT2D eigenvalue weighted by Crippen LogP contribution is -2.56. The minimum atomic E-state index is -0.150. The molecule has 2 heterocycles. The van der Waals surface area contributed by atoms with E-state index in [1.807, 2.05) is 0 Å². The number of carbonyl (C=O) groups excluding carboxylic acids is 1. The van der Waals surface area contributed by atoms with Gasteiger partial charge in [0.15, 0.2) is 0 Å². The van der Waals surface area contributed by atoms with Crippen molar-refractivity contribution in [1.82, 2.24) is 10.2 Å². The van der Waals surface area contributed by atoms with E-state index in [0.29, 0.717) is 5.92 Å². The molecule has 2 saturated heterocycles. The average molecular weight is 211 g/mol. The third-order valence-corrected chi connectivity index (χ3v) is 3.60. The molecule has 0 aromatic carbocycles. The number of nitrogens with zero attached hydrogens (tertiary/aromatic N) is 1. The molecule has 4 heteroatoms. The summed E-state index contributed by atoms with van der Waals surface area (Å²) in [5.74, 6) is 0.553. The predicted octanol–water partition coefficient (Wildman–Crippen LogP) is -0.0643. The molecule has 3 N–H and O–H groups in total. The fourth-order valence-corrected chi connectivity index (χ4v) is 2.56. The van der Waals surface area contributed by atoms with Crippen LogP contribution in [0.4, 0.5) is 0 Å². The maximum absolute atomic E-state index is 11.1. The van der Waals surface area contributed by atoms with Gasteiger partial charge >= 0.3 is 0 Å². The fraction of sp³-hybridized carbons (Fsp3) is 0.909. The van der Waals surface area contributed by atoms with Gasteiger partial charge in [-0.3, -0.25) is 9.69 Å². The van der Waals surface area contributed by atoms with Crippen molar-refractivity contribution in [3.8, 4) is 0 Å². The van der Waals surface area contributed by atoms with Crippen molar-refractivity contribution < 1.29 is 4.79 Å². The minimum Gasteiger partial charge on any atom is -0.368 e. The van der Waals surface area contributed by atoms with Crippen LogP contribution in [0, 0.1) is 5.92 Å². The van der Waals surface area contributed by atoms with Gasteiger partial charge in [0.05, 0.1) is 6.04 Å². The first-order valence-corrected chi connectivity index (χ1v) is 6.01. The Morgan fingerprint density at radius 3 is 2.93 bits per heavy atom. The summed E-state index contributed by atoms with van der Waals surface area (Å²) < 4.78 is 0. The Balaban J connectivity index is 1.78. The molecule has 0 aromatic rings. The van der Waals surface area contributed by atoms with Crippen LogP contribution in [-0.4, -0.2) is 43.0 Å². The Morgan fingerprint density at radius 2 is 2.27 bits per heavy atom. The number of nitrogens with one attached hydrogen (secondary N) is 1. The third-order valence-electron chi connectivity index (χ3n) is 3.60. The molecule has 15 heavy (non-hydrogen) atoms. The Hall–Kier alpha value is -0.610. The number of hydrogen-bond acceptors (Lipinski definition) is 3. The highest BCUT2D eigenvalue weighted by Gasteiger charge is 2.33. The lowest BCUT2D eigenvalue weighted by Gasteiger charge is -2.40. The summed E-state index contributed by atoms with van der Waals surface area (Å²) in [6.07, 6.45) is 4.84. The predicted molar refractivity (Wildman–Crippen MR) is 59.4 cm³/mol. The molecule has 2 unspecified atom stereocenters. The molecular formula is C11H21N3O. The van der Waals surface area contributed by atoms with Gasteiger partial charge in [-0.2, -0.15) is 0 Å². The lowest BCUT2D eigenvalue weighted by molar-refractivity contribution is -0.127. The van der Waals surface area contributed by atoms with E-state index in [4.69, 9.17) is 5.73 Å². The molecule has 0 radical (unpaired) electrons. The molecule has 2 fully saturated rings. The molecular weight excluding hydrogens is 190 g/mol. The van der Waals surface area contributed by atoms with Gasteiger partial charge in [0, 0.05) is 13.1 Å². The molecule has 0 bridgehead atoms. The second-order valence-corrected chi connectivity index (χ2v) is 4.77. The van der Waals surface area contributed by atoms with Crippen molar-refractivity contribution in [2.45, 2.75) is 31.7 Å². The summed E-state index contributed by atoms with van der Waals surface area (Å²) in [7, 11) is 0. The number of nitrogens with two attached hydrogens (primary N) is 1. The molecule has 0 saturated carbocycles. The highest BCUT2D eigenvalue weighted by molar-refractivity contribution is 5.80. The summed E-state index contributed by atoms with van der Waals surface area (Å²) in [5.41, 5.74) is 5.33. The van der Waals surface area contributed by atoms with Gasteiger partial charge in [-0.1, -0.05) is 6.42 Å². The van der Waals surface area contributed by atoms with Crippen LogP contribution < -0.4 is 11.1 Å². The van der Waals surface area contributed by atoms with Crippen LogP contribution in [-0.2, 0) is 4.79 Å². The maximum Gasteiger partial charge on any atom is 0.234 e. The molecule has 2 rings (SSSR count). The molecule has 1 amide bonds. The van der Waals surface area contributed by atoms with Crippen molar-refractivity contribution in [3.05, 3.63) is 0 Å². The zero-order chi connectivity index (χ0) is 10.7. The van der Waals surface area contributed by atoms with Crippen molar-refractivity contribution in [2.75, 3.05) is 26.2 Å². The maximum atomic E-state index is 11.1. The minimum absolute atomic E-state index is 0.0215. The second kappa shape index (κ2) is 4.94. The van der Waals surface area contributed by atoms with Crippen LogP contribution in [0.25, 0.3) is 0 Å². The van der Waals surface area contributed by atoms with Gasteiger partial charge in [0.1, 0.15) is 0 Å². The van der Waals surface area contributed by atoms with E-state index in [1.54, 1.807) is 0 Å².